The summed E-state index contributed by atoms with van der Waals surface area (Å²) in [5.74, 6) is 0. The first kappa shape index (κ1) is 8.49. The molecule has 8 heavy (non-hydrogen) atoms. The van der Waals surface area contributed by atoms with Crippen molar-refractivity contribution in [2.24, 2.45) is 0 Å². The van der Waals surface area contributed by atoms with Gasteiger partial charge in [0.2, 0.25) is 0 Å². The van der Waals surface area contributed by atoms with E-state index in [-0.39, 0.29) is 17.0 Å². The van der Waals surface area contributed by atoms with Crippen LogP contribution < -0.4 is 0 Å². The third-order valence-corrected chi connectivity index (χ3v) is 1.49. The minimum absolute atomic E-state index is 0. The molecule has 1 heterocycles. The molecular weight excluding hydrogens is 281 g/mol. The summed E-state index contributed by atoms with van der Waals surface area (Å²) < 4.78 is 2.09. The third-order valence-electron chi connectivity index (χ3n) is 0.775. The lowest BCUT2D eigenvalue weighted by atomic mass is 10.4. The Morgan fingerprint density at radius 1 is 1.38 bits per heavy atom. The van der Waals surface area contributed by atoms with Crippen LogP contribution in [0.1, 0.15) is 0 Å². The summed E-state index contributed by atoms with van der Waals surface area (Å²) in [5.41, 5.74) is 0. The van der Waals surface area contributed by atoms with Crippen LogP contribution in [0, 0.1) is 0 Å². The maximum atomic E-state index is 2.25. The van der Waals surface area contributed by atoms with Gasteiger partial charge in [-0.25, -0.2) is 0 Å². The van der Waals surface area contributed by atoms with Crippen molar-refractivity contribution in [3.63, 3.8) is 0 Å². The van der Waals surface area contributed by atoms with Gasteiger partial charge in [-0.1, -0.05) is 12.2 Å². The van der Waals surface area contributed by atoms with Crippen molar-refractivity contribution in [2.75, 3.05) is 6.54 Å². The SMILES string of the molecule is Br.IN1C=CC=CC1. The molecule has 0 radical (unpaired) electrons. The smallest absolute Gasteiger partial charge is 0.0589 e. The minimum Gasteiger partial charge on any atom is -0.318 e. The van der Waals surface area contributed by atoms with E-state index in [1.807, 2.05) is 12.3 Å². The Morgan fingerprint density at radius 3 is 2.38 bits per heavy atom. The predicted octanol–water partition coefficient (Wildman–Crippen LogP) is 2.30. The zero-order chi connectivity index (χ0) is 5.11. The molecule has 0 amide bonds. The fourth-order valence-corrected chi connectivity index (χ4v) is 0.857. The molecule has 0 fully saturated rings. The molecule has 0 atom stereocenters. The zero-order valence-electron chi connectivity index (χ0n) is 4.25. The first-order chi connectivity index (χ1) is 3.39. The Labute approximate surface area is 73.7 Å². The number of nitrogens with zero attached hydrogens (tertiary/aromatic N) is 1. The number of hydrogen-bond acceptors (Lipinski definition) is 1. The summed E-state index contributed by atoms with van der Waals surface area (Å²) in [6.45, 7) is 1.04. The highest BCUT2D eigenvalue weighted by Crippen LogP contribution is 2.02. The van der Waals surface area contributed by atoms with Crippen LogP contribution in [-0.2, 0) is 0 Å². The lowest BCUT2D eigenvalue weighted by Crippen LogP contribution is -2.03. The Kier molecular flexibility index (Phi) is 4.64. The fraction of sp³-hybridized carbons (Fsp3) is 0.200. The first-order valence-corrected chi connectivity index (χ1v) is 3.12. The largest absolute Gasteiger partial charge is 0.318 e. The molecule has 1 nitrogen and oxygen atoms in total. The van der Waals surface area contributed by atoms with E-state index < -0.39 is 0 Å². The molecule has 0 aromatic heterocycles. The molecule has 1 rings (SSSR count). The van der Waals surface area contributed by atoms with E-state index in [1.54, 1.807) is 0 Å². The van der Waals surface area contributed by atoms with Gasteiger partial charge < -0.3 is 3.11 Å². The molecule has 1 aliphatic heterocycles. The van der Waals surface area contributed by atoms with Gasteiger partial charge in [0.15, 0.2) is 0 Å². The van der Waals surface area contributed by atoms with Crippen molar-refractivity contribution in [1.29, 1.82) is 0 Å². The molecule has 46 valence electrons. The van der Waals surface area contributed by atoms with Crippen molar-refractivity contribution in [3.05, 3.63) is 24.4 Å². The van der Waals surface area contributed by atoms with Gasteiger partial charge in [-0.05, 0) is 6.08 Å². The normalized spacial score (nSPS) is 15.9. The van der Waals surface area contributed by atoms with Crippen LogP contribution in [0.5, 0.6) is 0 Å². The molecule has 0 spiro atoms. The monoisotopic (exact) mass is 287 g/mol. The van der Waals surface area contributed by atoms with Gasteiger partial charge in [0, 0.05) is 12.7 Å². The van der Waals surface area contributed by atoms with Crippen molar-refractivity contribution in [1.82, 2.24) is 3.11 Å². The average molecular weight is 288 g/mol. The second-order valence-electron chi connectivity index (χ2n) is 1.35. The molecule has 0 saturated carbocycles. The maximum Gasteiger partial charge on any atom is 0.0589 e. The number of rotatable bonds is 0. The van der Waals surface area contributed by atoms with E-state index in [9.17, 15) is 0 Å². The van der Waals surface area contributed by atoms with Crippen molar-refractivity contribution < 1.29 is 0 Å². The van der Waals surface area contributed by atoms with E-state index in [2.05, 4.69) is 38.1 Å². The average Bonchev–Trinajstić information content (AvgIpc) is 1.69. The molecule has 0 aliphatic carbocycles. The standard InChI is InChI=1S/C5H6IN.BrH/c6-7-4-2-1-3-5-7;/h1-4H,5H2;1H. The maximum absolute atomic E-state index is 2.25. The topological polar surface area (TPSA) is 3.24 Å². The van der Waals surface area contributed by atoms with Gasteiger partial charge in [-0.15, -0.1) is 17.0 Å². The summed E-state index contributed by atoms with van der Waals surface area (Å²) in [5, 5.41) is 0. The molecule has 0 unspecified atom stereocenters. The Balaban J connectivity index is 0.000000490. The second-order valence-corrected chi connectivity index (χ2v) is 2.59. The predicted molar refractivity (Wildman–Crippen MR) is 49.3 cm³/mol. The van der Waals surface area contributed by atoms with Crippen LogP contribution in [0.25, 0.3) is 0 Å². The highest BCUT2D eigenvalue weighted by molar-refractivity contribution is 14.1. The molecule has 0 aromatic carbocycles. The molecule has 0 bridgehead atoms. The van der Waals surface area contributed by atoms with Gasteiger partial charge in [0.05, 0.1) is 22.9 Å². The van der Waals surface area contributed by atoms with Crippen LogP contribution in [-0.4, -0.2) is 9.66 Å². The van der Waals surface area contributed by atoms with Crippen LogP contribution in [0.2, 0.25) is 0 Å². The molecular formula is C5H7BrIN. The van der Waals surface area contributed by atoms with Crippen molar-refractivity contribution >= 4 is 39.8 Å². The van der Waals surface area contributed by atoms with Gasteiger partial charge in [-0.2, -0.15) is 0 Å². The summed E-state index contributed by atoms with van der Waals surface area (Å²) in [4.78, 5) is 0. The number of halogens is 2. The lowest BCUT2D eigenvalue weighted by molar-refractivity contribution is 0.743. The summed E-state index contributed by atoms with van der Waals surface area (Å²) in [7, 11) is 0. The second kappa shape index (κ2) is 4.38. The van der Waals surface area contributed by atoms with E-state index in [1.165, 1.54) is 0 Å². The lowest BCUT2D eigenvalue weighted by Gasteiger charge is -2.08. The van der Waals surface area contributed by atoms with Crippen molar-refractivity contribution in [3.8, 4) is 0 Å². The van der Waals surface area contributed by atoms with Gasteiger partial charge in [0.25, 0.3) is 0 Å². The number of hydrogen-bond donors (Lipinski definition) is 0. The highest BCUT2D eigenvalue weighted by atomic mass is 127. The Bertz CT molecular complexity index is 111. The molecule has 0 aromatic rings. The minimum atomic E-state index is 0. The van der Waals surface area contributed by atoms with Gasteiger partial charge >= 0.3 is 0 Å². The van der Waals surface area contributed by atoms with Gasteiger partial charge in [-0.3, -0.25) is 0 Å². The van der Waals surface area contributed by atoms with Crippen LogP contribution in [0.4, 0.5) is 0 Å². The quantitative estimate of drug-likeness (QED) is 0.488. The summed E-state index contributed by atoms with van der Waals surface area (Å²) >= 11 is 2.25. The fourth-order valence-electron chi connectivity index (χ4n) is 0.444. The highest BCUT2D eigenvalue weighted by Gasteiger charge is 1.88. The molecule has 0 N–H and O–H groups in total. The van der Waals surface area contributed by atoms with Crippen LogP contribution >= 0.6 is 39.8 Å². The van der Waals surface area contributed by atoms with E-state index in [0.717, 1.165) is 6.54 Å². The number of allylic oxidation sites excluding steroid dienone is 2. The first-order valence-electron chi connectivity index (χ1n) is 2.15. The van der Waals surface area contributed by atoms with E-state index in [0.29, 0.717) is 0 Å². The molecule has 0 saturated heterocycles. The van der Waals surface area contributed by atoms with E-state index >= 15 is 0 Å². The summed E-state index contributed by atoms with van der Waals surface area (Å²) in [6, 6.07) is 0. The van der Waals surface area contributed by atoms with Gasteiger partial charge in [0.1, 0.15) is 0 Å². The Hall–Kier alpha value is 0.490. The zero-order valence-corrected chi connectivity index (χ0v) is 8.12. The molecule has 3 heteroatoms. The third kappa shape index (κ3) is 2.71. The van der Waals surface area contributed by atoms with E-state index in [4.69, 9.17) is 0 Å². The van der Waals surface area contributed by atoms with Crippen LogP contribution in [0.3, 0.4) is 0 Å². The van der Waals surface area contributed by atoms with Crippen molar-refractivity contribution in [2.45, 2.75) is 0 Å². The van der Waals surface area contributed by atoms with Crippen LogP contribution in [0.15, 0.2) is 24.4 Å². The Morgan fingerprint density at radius 2 is 2.12 bits per heavy atom. The summed E-state index contributed by atoms with van der Waals surface area (Å²) in [6.07, 6.45) is 8.23. The molecule has 1 aliphatic rings.